The quantitative estimate of drug-likeness (QED) is 0.461. The summed E-state index contributed by atoms with van der Waals surface area (Å²) in [4.78, 5) is 0. The first kappa shape index (κ1) is 5.49. The molecule has 1 aliphatic carbocycles. The summed E-state index contributed by atoms with van der Waals surface area (Å²) in [5, 5.41) is 0. The molecule has 0 atom stereocenters. The van der Waals surface area contributed by atoms with Crippen molar-refractivity contribution in [2.75, 3.05) is 0 Å². The summed E-state index contributed by atoms with van der Waals surface area (Å²) in [6.07, 6.45) is 5.61. The fourth-order valence-electron chi connectivity index (χ4n) is 0.631. The van der Waals surface area contributed by atoms with Gasteiger partial charge >= 0.3 is 58.8 Å². The molecule has 0 bridgehead atoms. The second-order valence-corrected chi connectivity index (χ2v) is 2.90. The molecule has 0 heterocycles. The standard InChI is InChI=1S/C6H7.Sc/c1-6-4-2-3-5-6;/h2,4H,3H2,1H3;. The van der Waals surface area contributed by atoms with Gasteiger partial charge in [-0.15, -0.1) is 0 Å². The summed E-state index contributed by atoms with van der Waals surface area (Å²) in [7, 11) is 0. The van der Waals surface area contributed by atoms with Crippen molar-refractivity contribution in [2.24, 2.45) is 0 Å². The van der Waals surface area contributed by atoms with Crippen LogP contribution in [-0.4, -0.2) is 0 Å². The fraction of sp³-hybridized carbons (Fsp3) is 0.333. The zero-order valence-electron chi connectivity index (χ0n) is 4.44. The van der Waals surface area contributed by atoms with Crippen molar-refractivity contribution in [2.45, 2.75) is 13.3 Å². The van der Waals surface area contributed by atoms with Crippen LogP contribution in [0.3, 0.4) is 0 Å². The molecule has 1 heteroatoms. The molecule has 0 spiro atoms. The summed E-state index contributed by atoms with van der Waals surface area (Å²) >= 11 is 1.76. The first-order chi connectivity index (χ1) is 3.30. The molecule has 0 radical (unpaired) electrons. The molecule has 0 aliphatic heterocycles. The minimum absolute atomic E-state index is 1.20. The van der Waals surface area contributed by atoms with Gasteiger partial charge in [0, 0.05) is 0 Å². The average molecular weight is 124 g/mol. The molecule has 0 nitrogen and oxygen atoms in total. The Morgan fingerprint density at radius 2 is 2.43 bits per heavy atom. The monoisotopic (exact) mass is 124 g/mol. The van der Waals surface area contributed by atoms with Crippen molar-refractivity contribution in [3.05, 3.63) is 21.1 Å². The van der Waals surface area contributed by atoms with Crippen LogP contribution in [0.2, 0.25) is 0 Å². The van der Waals surface area contributed by atoms with Crippen LogP contribution in [0.4, 0.5) is 0 Å². The van der Waals surface area contributed by atoms with Crippen LogP contribution in [0.25, 0.3) is 0 Å². The predicted octanol–water partition coefficient (Wildman–Crippen LogP) is 1.77. The van der Waals surface area contributed by atoms with E-state index in [1.54, 1.807) is 27.7 Å². The molecule has 34 valence electrons. The molecule has 0 fully saturated rings. The Labute approximate surface area is 58.9 Å². The average Bonchev–Trinajstić information content (AvgIpc) is 1.91. The Bertz CT molecular complexity index is 131. The van der Waals surface area contributed by atoms with E-state index < -0.39 is 0 Å². The van der Waals surface area contributed by atoms with Crippen molar-refractivity contribution in [1.82, 2.24) is 0 Å². The molecule has 0 aromatic heterocycles. The number of hydrogen-bond acceptors (Lipinski definition) is 0. The third kappa shape index (κ3) is 1.12. The van der Waals surface area contributed by atoms with Crippen LogP contribution in [0.5, 0.6) is 0 Å². The van der Waals surface area contributed by atoms with Crippen LogP contribution < -0.4 is 0 Å². The van der Waals surface area contributed by atoms with Crippen molar-refractivity contribution in [3.63, 3.8) is 0 Å². The topological polar surface area (TPSA) is 0 Å². The van der Waals surface area contributed by atoms with E-state index in [4.69, 9.17) is 0 Å². The molecule has 1 rings (SSSR count). The Balaban J connectivity index is 2.79. The van der Waals surface area contributed by atoms with Crippen molar-refractivity contribution in [3.8, 4) is 0 Å². The second-order valence-electron chi connectivity index (χ2n) is 1.81. The van der Waals surface area contributed by atoms with E-state index in [1.807, 2.05) is 0 Å². The van der Waals surface area contributed by atoms with Gasteiger partial charge in [-0.1, -0.05) is 0 Å². The van der Waals surface area contributed by atoms with Crippen molar-refractivity contribution < 1.29 is 24.4 Å². The van der Waals surface area contributed by atoms with Gasteiger partial charge in [0.15, 0.2) is 0 Å². The van der Waals surface area contributed by atoms with Crippen molar-refractivity contribution >= 4 is 0 Å². The van der Waals surface area contributed by atoms with Gasteiger partial charge in [0.25, 0.3) is 0 Å². The maximum atomic E-state index is 2.21. The normalized spacial score (nSPS) is 18.9. The van der Waals surface area contributed by atoms with Gasteiger partial charge in [-0.05, 0) is 0 Å². The Morgan fingerprint density at radius 3 is 2.57 bits per heavy atom. The molecule has 7 heavy (non-hydrogen) atoms. The van der Waals surface area contributed by atoms with Gasteiger partial charge in [0.2, 0.25) is 0 Å². The zero-order valence-corrected chi connectivity index (χ0v) is 6.24. The molecular weight excluding hydrogens is 117 g/mol. The molecule has 0 saturated heterocycles. The molecule has 0 N–H and O–H groups in total. The maximum absolute atomic E-state index is 2.21. The van der Waals surface area contributed by atoms with Crippen LogP contribution in [0, 0.1) is 0 Å². The summed E-state index contributed by atoms with van der Waals surface area (Å²) in [6.45, 7) is 2.17. The molecular formula is C6H7Sc. The van der Waals surface area contributed by atoms with Gasteiger partial charge in [-0.3, -0.25) is 0 Å². The van der Waals surface area contributed by atoms with Crippen LogP contribution >= 0.6 is 0 Å². The summed E-state index contributed by atoms with van der Waals surface area (Å²) in [5.41, 5.74) is 1.47. The summed E-state index contributed by atoms with van der Waals surface area (Å²) in [5.74, 6) is 0. The van der Waals surface area contributed by atoms with Crippen molar-refractivity contribution in [1.29, 1.82) is 0 Å². The third-order valence-electron chi connectivity index (χ3n) is 1.21. The van der Waals surface area contributed by atoms with Gasteiger partial charge in [-0.2, -0.15) is 0 Å². The summed E-state index contributed by atoms with van der Waals surface area (Å²) < 4.78 is 1.58. The van der Waals surface area contributed by atoms with Crippen LogP contribution in [0.15, 0.2) is 21.1 Å². The molecule has 0 amide bonds. The van der Waals surface area contributed by atoms with Gasteiger partial charge in [0.1, 0.15) is 0 Å². The molecule has 0 aromatic carbocycles. The second kappa shape index (κ2) is 2.08. The van der Waals surface area contributed by atoms with Gasteiger partial charge in [-0.25, -0.2) is 0 Å². The first-order valence-electron chi connectivity index (χ1n) is 2.42. The van der Waals surface area contributed by atoms with E-state index in [2.05, 4.69) is 19.1 Å². The van der Waals surface area contributed by atoms with E-state index in [0.29, 0.717) is 0 Å². The number of hydrogen-bond donors (Lipinski definition) is 0. The zero-order chi connectivity index (χ0) is 5.28. The van der Waals surface area contributed by atoms with E-state index in [9.17, 15) is 0 Å². The number of allylic oxidation sites excluding steroid dienone is 4. The van der Waals surface area contributed by atoms with E-state index in [-0.39, 0.29) is 0 Å². The van der Waals surface area contributed by atoms with E-state index >= 15 is 0 Å². The third-order valence-corrected chi connectivity index (χ3v) is 2.29. The number of rotatable bonds is 0. The molecule has 0 saturated carbocycles. The van der Waals surface area contributed by atoms with E-state index in [1.165, 1.54) is 12.0 Å². The first-order valence-corrected chi connectivity index (χ1v) is 3.32. The Hall–Kier alpha value is 0.350. The molecule has 1 aliphatic rings. The summed E-state index contributed by atoms with van der Waals surface area (Å²) in [6, 6.07) is 0. The fourth-order valence-corrected chi connectivity index (χ4v) is 0.993. The Kier molecular flexibility index (Phi) is 1.63. The SMILES string of the molecule is CC1=[C]([Sc])CC=C1. The van der Waals surface area contributed by atoms with Crippen LogP contribution in [-0.2, 0) is 24.4 Å². The Morgan fingerprint density at radius 1 is 1.71 bits per heavy atom. The molecule has 0 aromatic rings. The van der Waals surface area contributed by atoms with Gasteiger partial charge < -0.3 is 0 Å². The predicted molar refractivity (Wildman–Crippen MR) is 26.5 cm³/mol. The van der Waals surface area contributed by atoms with E-state index in [0.717, 1.165) is 0 Å². The minimum atomic E-state index is 1.20. The molecule has 0 unspecified atom stereocenters. The van der Waals surface area contributed by atoms with Crippen LogP contribution in [0.1, 0.15) is 13.3 Å². The van der Waals surface area contributed by atoms with Gasteiger partial charge in [0.05, 0.1) is 0 Å².